The molecule has 0 spiro atoms. The van der Waals surface area contributed by atoms with Gasteiger partial charge in [0, 0.05) is 18.5 Å². The van der Waals surface area contributed by atoms with E-state index in [1.807, 2.05) is 13.0 Å². The van der Waals surface area contributed by atoms with Gasteiger partial charge in [-0.25, -0.2) is 4.98 Å². The fourth-order valence-corrected chi connectivity index (χ4v) is 2.09. The van der Waals surface area contributed by atoms with E-state index in [-0.39, 0.29) is 0 Å². The Labute approximate surface area is 113 Å². The Balaban J connectivity index is 2.50. The number of hydrogen-bond acceptors (Lipinski definition) is 4. The van der Waals surface area contributed by atoms with E-state index in [0.717, 1.165) is 29.2 Å². The minimum Gasteiger partial charge on any atom is -0.496 e. The predicted octanol–water partition coefficient (Wildman–Crippen LogP) is 2.72. The van der Waals surface area contributed by atoms with Gasteiger partial charge in [0.25, 0.3) is 0 Å². The van der Waals surface area contributed by atoms with Crippen molar-refractivity contribution in [1.82, 2.24) is 4.98 Å². The van der Waals surface area contributed by atoms with Gasteiger partial charge in [-0.3, -0.25) is 0 Å². The summed E-state index contributed by atoms with van der Waals surface area (Å²) in [5, 5.41) is 0. The zero-order valence-corrected chi connectivity index (χ0v) is 11.7. The van der Waals surface area contributed by atoms with E-state index in [1.54, 1.807) is 7.11 Å². The molecule has 0 fully saturated rings. The van der Waals surface area contributed by atoms with Crippen LogP contribution in [0.2, 0.25) is 0 Å². The summed E-state index contributed by atoms with van der Waals surface area (Å²) in [5.74, 6) is 2.29. The van der Waals surface area contributed by atoms with E-state index in [2.05, 4.69) is 24.0 Å². The summed E-state index contributed by atoms with van der Waals surface area (Å²) in [6.07, 6.45) is 1.63. The lowest BCUT2D eigenvalue weighted by molar-refractivity contribution is 0.416. The maximum absolute atomic E-state index is 5.64. The third-order valence-corrected chi connectivity index (χ3v) is 3.13. The molecule has 102 valence electrons. The maximum Gasteiger partial charge on any atom is 0.196 e. The van der Waals surface area contributed by atoms with Crippen LogP contribution in [0.5, 0.6) is 5.75 Å². The Morgan fingerprint density at radius 1 is 1.37 bits per heavy atom. The minimum absolute atomic E-state index is 0.533. The lowest BCUT2D eigenvalue weighted by Gasteiger charge is -2.08. The van der Waals surface area contributed by atoms with Crippen molar-refractivity contribution in [3.8, 4) is 17.0 Å². The number of nitrogens with two attached hydrogens (primary N) is 1. The molecule has 19 heavy (non-hydrogen) atoms. The van der Waals surface area contributed by atoms with Gasteiger partial charge in [-0.05, 0) is 31.0 Å². The van der Waals surface area contributed by atoms with Gasteiger partial charge in [-0.1, -0.05) is 13.0 Å². The van der Waals surface area contributed by atoms with Crippen LogP contribution in [0.25, 0.3) is 11.3 Å². The van der Waals surface area contributed by atoms with Crippen LogP contribution < -0.4 is 10.5 Å². The van der Waals surface area contributed by atoms with Crippen molar-refractivity contribution < 1.29 is 9.15 Å². The number of aromatic nitrogens is 1. The molecule has 0 bridgehead atoms. The van der Waals surface area contributed by atoms with Gasteiger partial charge in [0.2, 0.25) is 0 Å². The standard InChI is InChI=1S/C15H20N2O2/c1-4-11-5-6-13(18-3)12(9-11)15-10(2)19-14(17-15)7-8-16/h5-6,9H,4,7-8,16H2,1-3H3. The monoisotopic (exact) mass is 260 g/mol. The summed E-state index contributed by atoms with van der Waals surface area (Å²) in [7, 11) is 1.67. The number of ether oxygens (including phenoxy) is 1. The zero-order valence-electron chi connectivity index (χ0n) is 11.7. The number of hydrogen-bond donors (Lipinski definition) is 1. The molecule has 0 aliphatic carbocycles. The van der Waals surface area contributed by atoms with Gasteiger partial charge < -0.3 is 14.9 Å². The second-order valence-corrected chi connectivity index (χ2v) is 4.44. The first-order valence-electron chi connectivity index (χ1n) is 6.53. The van der Waals surface area contributed by atoms with Gasteiger partial charge in [-0.15, -0.1) is 0 Å². The largest absolute Gasteiger partial charge is 0.496 e. The van der Waals surface area contributed by atoms with Crippen molar-refractivity contribution in [3.63, 3.8) is 0 Å². The Morgan fingerprint density at radius 2 is 2.16 bits per heavy atom. The summed E-state index contributed by atoms with van der Waals surface area (Å²) < 4.78 is 11.1. The molecule has 1 aromatic heterocycles. The topological polar surface area (TPSA) is 61.3 Å². The molecule has 0 saturated heterocycles. The normalized spacial score (nSPS) is 10.7. The molecular formula is C15H20N2O2. The molecule has 0 aliphatic rings. The number of aryl methyl sites for hydroxylation is 2. The Kier molecular flexibility index (Phi) is 4.22. The van der Waals surface area contributed by atoms with E-state index in [9.17, 15) is 0 Å². The summed E-state index contributed by atoms with van der Waals surface area (Å²) >= 11 is 0. The lowest BCUT2D eigenvalue weighted by atomic mass is 10.0. The van der Waals surface area contributed by atoms with E-state index in [1.165, 1.54) is 5.56 Å². The van der Waals surface area contributed by atoms with E-state index >= 15 is 0 Å². The molecule has 2 rings (SSSR count). The van der Waals surface area contributed by atoms with Crippen molar-refractivity contribution in [1.29, 1.82) is 0 Å². The number of rotatable bonds is 5. The molecule has 2 N–H and O–H groups in total. The third kappa shape index (κ3) is 2.79. The molecule has 4 heteroatoms. The molecule has 4 nitrogen and oxygen atoms in total. The predicted molar refractivity (Wildman–Crippen MR) is 75.4 cm³/mol. The highest BCUT2D eigenvalue weighted by Gasteiger charge is 2.15. The van der Waals surface area contributed by atoms with Crippen molar-refractivity contribution >= 4 is 0 Å². The number of nitrogens with zero attached hydrogens (tertiary/aromatic N) is 1. The second-order valence-electron chi connectivity index (χ2n) is 4.44. The maximum atomic E-state index is 5.64. The van der Waals surface area contributed by atoms with Crippen molar-refractivity contribution in [2.24, 2.45) is 5.73 Å². The van der Waals surface area contributed by atoms with Crippen LogP contribution in [0.15, 0.2) is 22.6 Å². The summed E-state index contributed by atoms with van der Waals surface area (Å²) in [5.41, 5.74) is 8.61. The van der Waals surface area contributed by atoms with Crippen LogP contribution in [-0.2, 0) is 12.8 Å². The van der Waals surface area contributed by atoms with Crippen LogP contribution in [0, 0.1) is 6.92 Å². The third-order valence-electron chi connectivity index (χ3n) is 3.13. The molecule has 0 atom stereocenters. The first kappa shape index (κ1) is 13.6. The van der Waals surface area contributed by atoms with Crippen molar-refractivity contribution in [2.75, 3.05) is 13.7 Å². The molecule has 1 heterocycles. The second kappa shape index (κ2) is 5.89. The molecule has 0 radical (unpaired) electrons. The van der Waals surface area contributed by atoms with E-state index in [4.69, 9.17) is 14.9 Å². The van der Waals surface area contributed by atoms with Gasteiger partial charge >= 0.3 is 0 Å². The van der Waals surface area contributed by atoms with Gasteiger partial charge in [-0.2, -0.15) is 0 Å². The molecule has 1 aromatic carbocycles. The Hall–Kier alpha value is -1.81. The number of methoxy groups -OCH3 is 1. The van der Waals surface area contributed by atoms with E-state index in [0.29, 0.717) is 18.9 Å². The van der Waals surface area contributed by atoms with Gasteiger partial charge in [0.05, 0.1) is 7.11 Å². The van der Waals surface area contributed by atoms with Crippen LogP contribution >= 0.6 is 0 Å². The van der Waals surface area contributed by atoms with Gasteiger partial charge in [0.15, 0.2) is 5.89 Å². The summed E-state index contributed by atoms with van der Waals surface area (Å²) in [6.45, 7) is 4.58. The molecular weight excluding hydrogens is 240 g/mol. The molecule has 2 aromatic rings. The summed E-state index contributed by atoms with van der Waals surface area (Å²) in [6, 6.07) is 6.15. The molecule has 0 amide bonds. The fraction of sp³-hybridized carbons (Fsp3) is 0.400. The highest BCUT2D eigenvalue weighted by molar-refractivity contribution is 5.69. The lowest BCUT2D eigenvalue weighted by Crippen LogP contribution is -2.02. The molecule has 0 saturated carbocycles. The van der Waals surface area contributed by atoms with E-state index < -0.39 is 0 Å². The molecule has 0 unspecified atom stereocenters. The highest BCUT2D eigenvalue weighted by Crippen LogP contribution is 2.33. The quantitative estimate of drug-likeness (QED) is 0.898. The SMILES string of the molecule is CCc1ccc(OC)c(-c2nc(CCN)oc2C)c1. The molecule has 0 aliphatic heterocycles. The average Bonchev–Trinajstić information content (AvgIpc) is 2.79. The first-order valence-corrected chi connectivity index (χ1v) is 6.53. The smallest absolute Gasteiger partial charge is 0.196 e. The average molecular weight is 260 g/mol. The van der Waals surface area contributed by atoms with Crippen LogP contribution in [0.4, 0.5) is 0 Å². The summed E-state index contributed by atoms with van der Waals surface area (Å²) in [4.78, 5) is 4.53. The number of oxazole rings is 1. The Morgan fingerprint density at radius 3 is 2.79 bits per heavy atom. The van der Waals surface area contributed by atoms with Crippen LogP contribution in [0.1, 0.15) is 24.1 Å². The van der Waals surface area contributed by atoms with Gasteiger partial charge in [0.1, 0.15) is 17.2 Å². The number of benzene rings is 1. The minimum atomic E-state index is 0.533. The first-order chi connectivity index (χ1) is 9.19. The van der Waals surface area contributed by atoms with Crippen LogP contribution in [-0.4, -0.2) is 18.6 Å². The van der Waals surface area contributed by atoms with Crippen LogP contribution in [0.3, 0.4) is 0 Å². The highest BCUT2D eigenvalue weighted by atomic mass is 16.5. The fourth-order valence-electron chi connectivity index (χ4n) is 2.09. The van der Waals surface area contributed by atoms with Crippen molar-refractivity contribution in [2.45, 2.75) is 26.7 Å². The Bertz CT molecular complexity index is 561. The van der Waals surface area contributed by atoms with Crippen molar-refractivity contribution in [3.05, 3.63) is 35.4 Å². The zero-order chi connectivity index (χ0) is 13.8.